The molecule has 1 N–H and O–H groups in total. The Hall–Kier alpha value is -3.32. The average Bonchev–Trinajstić information content (AvgIpc) is 3.27. The van der Waals surface area contributed by atoms with Crippen LogP contribution in [0.5, 0.6) is 5.75 Å². The van der Waals surface area contributed by atoms with Crippen molar-refractivity contribution in [3.8, 4) is 5.75 Å². The molecule has 2 heterocycles. The van der Waals surface area contributed by atoms with E-state index in [2.05, 4.69) is 0 Å². The highest BCUT2D eigenvalue weighted by atomic mass is 16.5. The SMILES string of the molecule is COCCN1C(=O)C(=O)/C(=C(/O)c2ccc3c(c2)C[C@@H](C)O3)[C@H]1c1ccc(N(C)C)cc1. The summed E-state index contributed by atoms with van der Waals surface area (Å²) in [5.74, 6) is -0.716. The highest BCUT2D eigenvalue weighted by molar-refractivity contribution is 6.46. The van der Waals surface area contributed by atoms with Crippen molar-refractivity contribution in [2.24, 2.45) is 0 Å². The predicted octanol–water partition coefficient (Wildman–Crippen LogP) is 3.14. The minimum absolute atomic E-state index is 0.0669. The maximum absolute atomic E-state index is 13.1. The molecule has 0 aromatic heterocycles. The van der Waals surface area contributed by atoms with Crippen LogP contribution in [0.2, 0.25) is 0 Å². The van der Waals surface area contributed by atoms with Gasteiger partial charge in [-0.15, -0.1) is 0 Å². The van der Waals surface area contributed by atoms with Crippen molar-refractivity contribution in [2.45, 2.75) is 25.5 Å². The van der Waals surface area contributed by atoms with Crippen LogP contribution in [0.1, 0.15) is 29.7 Å². The van der Waals surface area contributed by atoms with E-state index in [9.17, 15) is 14.7 Å². The zero-order valence-corrected chi connectivity index (χ0v) is 18.8. The Kier molecular flexibility index (Phi) is 5.93. The number of amides is 1. The molecule has 0 radical (unpaired) electrons. The fourth-order valence-electron chi connectivity index (χ4n) is 4.33. The predicted molar refractivity (Wildman–Crippen MR) is 122 cm³/mol. The molecule has 0 spiro atoms. The zero-order chi connectivity index (χ0) is 23.0. The van der Waals surface area contributed by atoms with Crippen molar-refractivity contribution >= 4 is 23.1 Å². The lowest BCUT2D eigenvalue weighted by atomic mass is 9.94. The van der Waals surface area contributed by atoms with Crippen molar-refractivity contribution in [1.82, 2.24) is 4.90 Å². The molecule has 7 heteroatoms. The van der Waals surface area contributed by atoms with Crippen molar-refractivity contribution in [3.05, 3.63) is 64.7 Å². The summed E-state index contributed by atoms with van der Waals surface area (Å²) < 4.78 is 10.9. The Balaban J connectivity index is 1.81. The number of ketones is 1. The molecule has 0 saturated carbocycles. The Labute approximate surface area is 187 Å². The third-order valence-corrected chi connectivity index (χ3v) is 5.97. The summed E-state index contributed by atoms with van der Waals surface area (Å²) in [6, 6.07) is 12.3. The number of rotatable bonds is 6. The number of likely N-dealkylation sites (tertiary alicyclic amines) is 1. The minimum atomic E-state index is -0.690. The summed E-state index contributed by atoms with van der Waals surface area (Å²) >= 11 is 0. The normalized spacial score (nSPS) is 21.6. The summed E-state index contributed by atoms with van der Waals surface area (Å²) in [6.45, 7) is 2.51. The Bertz CT molecular complexity index is 1070. The number of Topliss-reactive ketones (excluding diaryl/α,β-unsaturated/α-hetero) is 1. The molecule has 2 aromatic carbocycles. The number of aliphatic hydroxyl groups excluding tert-OH is 1. The van der Waals surface area contributed by atoms with Gasteiger partial charge in [0.25, 0.3) is 11.7 Å². The van der Waals surface area contributed by atoms with E-state index in [-0.39, 0.29) is 30.6 Å². The molecule has 1 fully saturated rings. The van der Waals surface area contributed by atoms with Crippen molar-refractivity contribution < 1.29 is 24.2 Å². The summed E-state index contributed by atoms with van der Waals surface area (Å²) in [6.07, 6.45) is 0.797. The van der Waals surface area contributed by atoms with Gasteiger partial charge in [-0.1, -0.05) is 12.1 Å². The summed E-state index contributed by atoms with van der Waals surface area (Å²) in [5.41, 5.74) is 3.32. The molecular weight excluding hydrogens is 408 g/mol. The van der Waals surface area contributed by atoms with E-state index in [1.165, 1.54) is 4.90 Å². The lowest BCUT2D eigenvalue weighted by Crippen LogP contribution is -2.32. The third kappa shape index (κ3) is 3.84. The zero-order valence-electron chi connectivity index (χ0n) is 18.8. The second kappa shape index (κ2) is 8.67. The number of aliphatic hydroxyl groups is 1. The first-order valence-electron chi connectivity index (χ1n) is 10.7. The van der Waals surface area contributed by atoms with Gasteiger partial charge in [0.05, 0.1) is 18.2 Å². The minimum Gasteiger partial charge on any atom is -0.507 e. The van der Waals surface area contributed by atoms with Crippen LogP contribution < -0.4 is 9.64 Å². The lowest BCUT2D eigenvalue weighted by Gasteiger charge is -2.25. The van der Waals surface area contributed by atoms with Gasteiger partial charge in [0.2, 0.25) is 0 Å². The molecule has 0 bridgehead atoms. The quantitative estimate of drug-likeness (QED) is 0.426. The molecule has 1 amide bonds. The van der Waals surface area contributed by atoms with E-state index in [4.69, 9.17) is 9.47 Å². The van der Waals surface area contributed by atoms with Crippen LogP contribution in [0, 0.1) is 0 Å². The molecule has 0 unspecified atom stereocenters. The molecule has 32 heavy (non-hydrogen) atoms. The Morgan fingerprint density at radius 2 is 1.91 bits per heavy atom. The van der Waals surface area contributed by atoms with Crippen molar-refractivity contribution in [1.29, 1.82) is 0 Å². The molecule has 0 aliphatic carbocycles. The largest absolute Gasteiger partial charge is 0.507 e. The van der Waals surface area contributed by atoms with Gasteiger partial charge in [-0.05, 0) is 48.4 Å². The van der Waals surface area contributed by atoms with Crippen LogP contribution in [-0.4, -0.2) is 62.2 Å². The topological polar surface area (TPSA) is 79.3 Å². The maximum Gasteiger partial charge on any atom is 0.295 e. The number of hydrogen-bond acceptors (Lipinski definition) is 6. The van der Waals surface area contributed by atoms with Crippen molar-refractivity contribution in [2.75, 3.05) is 39.3 Å². The number of ether oxygens (including phenoxy) is 2. The summed E-state index contributed by atoms with van der Waals surface area (Å²) in [7, 11) is 5.43. The van der Waals surface area contributed by atoms with E-state index in [1.807, 2.05) is 56.3 Å². The smallest absolute Gasteiger partial charge is 0.295 e. The Morgan fingerprint density at radius 1 is 1.19 bits per heavy atom. The first kappa shape index (κ1) is 21.9. The van der Waals surface area contributed by atoms with E-state index < -0.39 is 17.7 Å². The van der Waals surface area contributed by atoms with Gasteiger partial charge < -0.3 is 24.4 Å². The van der Waals surface area contributed by atoms with E-state index in [0.29, 0.717) is 5.56 Å². The number of hydrogen-bond donors (Lipinski definition) is 1. The molecule has 1 saturated heterocycles. The summed E-state index contributed by atoms with van der Waals surface area (Å²) in [4.78, 5) is 29.4. The first-order chi connectivity index (χ1) is 15.3. The number of fused-ring (bicyclic) bond motifs is 1. The molecule has 2 aliphatic rings. The molecule has 7 nitrogen and oxygen atoms in total. The highest BCUT2D eigenvalue weighted by Crippen LogP contribution is 2.40. The summed E-state index contributed by atoms with van der Waals surface area (Å²) in [5, 5.41) is 11.2. The number of anilines is 1. The van der Waals surface area contributed by atoms with Crippen LogP contribution in [-0.2, 0) is 20.7 Å². The van der Waals surface area contributed by atoms with Crippen LogP contribution in [0.15, 0.2) is 48.0 Å². The fourth-order valence-corrected chi connectivity index (χ4v) is 4.33. The molecule has 2 atom stereocenters. The molecule has 168 valence electrons. The molecule has 4 rings (SSSR count). The van der Waals surface area contributed by atoms with E-state index in [0.717, 1.165) is 29.0 Å². The van der Waals surface area contributed by atoms with Crippen LogP contribution >= 0.6 is 0 Å². The molecule has 2 aliphatic heterocycles. The van der Waals surface area contributed by atoms with Gasteiger partial charge in [0.1, 0.15) is 17.6 Å². The fraction of sp³-hybridized carbons (Fsp3) is 0.360. The first-order valence-corrected chi connectivity index (χ1v) is 10.7. The van der Waals surface area contributed by atoms with Crippen LogP contribution in [0.3, 0.4) is 0 Å². The third-order valence-electron chi connectivity index (χ3n) is 5.97. The number of benzene rings is 2. The van der Waals surface area contributed by atoms with Crippen LogP contribution in [0.25, 0.3) is 5.76 Å². The average molecular weight is 437 g/mol. The van der Waals surface area contributed by atoms with Gasteiger partial charge in [-0.25, -0.2) is 0 Å². The van der Waals surface area contributed by atoms with Gasteiger partial charge in [-0.3, -0.25) is 9.59 Å². The number of carbonyl (C=O) groups excluding carboxylic acids is 2. The van der Waals surface area contributed by atoms with Gasteiger partial charge in [-0.2, -0.15) is 0 Å². The second-order valence-electron chi connectivity index (χ2n) is 8.43. The number of nitrogens with zero attached hydrogens (tertiary/aromatic N) is 2. The van der Waals surface area contributed by atoms with Crippen molar-refractivity contribution in [3.63, 3.8) is 0 Å². The van der Waals surface area contributed by atoms with Gasteiger partial charge in [0.15, 0.2) is 0 Å². The lowest BCUT2D eigenvalue weighted by molar-refractivity contribution is -0.140. The Morgan fingerprint density at radius 3 is 2.56 bits per heavy atom. The van der Waals surface area contributed by atoms with E-state index >= 15 is 0 Å². The molecule has 2 aromatic rings. The van der Waals surface area contributed by atoms with E-state index in [1.54, 1.807) is 19.2 Å². The van der Waals surface area contributed by atoms with Gasteiger partial charge in [0, 0.05) is 45.4 Å². The molecular formula is C25H28N2O5. The van der Waals surface area contributed by atoms with Gasteiger partial charge >= 0.3 is 0 Å². The monoisotopic (exact) mass is 436 g/mol. The number of carbonyl (C=O) groups is 2. The van der Waals surface area contributed by atoms with Crippen LogP contribution in [0.4, 0.5) is 5.69 Å². The second-order valence-corrected chi connectivity index (χ2v) is 8.43. The highest BCUT2D eigenvalue weighted by Gasteiger charge is 2.46. The number of methoxy groups -OCH3 is 1. The maximum atomic E-state index is 13.1. The standard InChI is InChI=1S/C25H28N2O5/c1-15-13-18-14-17(7-10-20(18)32-15)23(28)21-22(16-5-8-19(9-6-16)26(2)3)27(11-12-31-4)25(30)24(21)29/h5-10,14-15,22,28H,11-13H2,1-4H3/b23-21+/t15-,22-/m1/s1.